The molecule has 1 aromatic rings. The molecule has 1 aromatic carbocycles. The highest BCUT2D eigenvalue weighted by Crippen LogP contribution is 2.15. The van der Waals surface area contributed by atoms with E-state index < -0.39 is 14.6 Å². The molecule has 1 rings (SSSR count). The number of ether oxygens (including phenoxy) is 1. The van der Waals surface area contributed by atoms with Crippen molar-refractivity contribution in [1.82, 2.24) is 10.6 Å². The van der Waals surface area contributed by atoms with Crippen molar-refractivity contribution in [2.45, 2.75) is 39.0 Å². The van der Waals surface area contributed by atoms with Crippen LogP contribution in [-0.4, -0.2) is 51.1 Å². The predicted octanol–water partition coefficient (Wildman–Crippen LogP) is 1.97. The first-order valence-corrected chi connectivity index (χ1v) is 10.3. The fraction of sp³-hybridized carbons (Fsp3) is 0.611. The highest BCUT2D eigenvalue weighted by molar-refractivity contribution is 7.92. The number of nitrogens with zero attached hydrogens (tertiary/aromatic N) is 1. The van der Waals surface area contributed by atoms with Gasteiger partial charge >= 0.3 is 0 Å². The van der Waals surface area contributed by atoms with E-state index in [9.17, 15) is 8.42 Å². The van der Waals surface area contributed by atoms with Crippen LogP contribution in [0.3, 0.4) is 0 Å². The van der Waals surface area contributed by atoms with E-state index in [1.807, 2.05) is 37.3 Å². The van der Waals surface area contributed by atoms with Gasteiger partial charge < -0.3 is 15.4 Å². The number of hydrogen-bond acceptors (Lipinski definition) is 4. The van der Waals surface area contributed by atoms with Crippen LogP contribution in [0, 0.1) is 0 Å². The highest BCUT2D eigenvalue weighted by atomic mass is 32.2. The summed E-state index contributed by atoms with van der Waals surface area (Å²) < 4.78 is 29.1. The zero-order chi connectivity index (χ0) is 18.8. The van der Waals surface area contributed by atoms with Crippen molar-refractivity contribution in [3.05, 3.63) is 35.9 Å². The van der Waals surface area contributed by atoms with Gasteiger partial charge in [0.25, 0.3) is 0 Å². The Morgan fingerprint density at radius 1 is 1.16 bits per heavy atom. The molecule has 0 amide bonds. The summed E-state index contributed by atoms with van der Waals surface area (Å²) in [6, 6.07) is 9.97. The number of rotatable bonds is 9. The Balaban J connectivity index is 2.36. The zero-order valence-electron chi connectivity index (χ0n) is 15.7. The van der Waals surface area contributed by atoms with Crippen LogP contribution in [0.2, 0.25) is 0 Å². The van der Waals surface area contributed by atoms with Crippen molar-refractivity contribution in [2.24, 2.45) is 4.99 Å². The maximum atomic E-state index is 12.1. The van der Waals surface area contributed by atoms with E-state index in [-0.39, 0.29) is 5.75 Å². The Hall–Kier alpha value is -1.60. The molecule has 0 aliphatic heterocycles. The summed E-state index contributed by atoms with van der Waals surface area (Å²) in [5.41, 5.74) is 1.13. The van der Waals surface area contributed by atoms with Crippen molar-refractivity contribution in [2.75, 3.05) is 32.0 Å². The van der Waals surface area contributed by atoms with E-state index in [1.165, 1.54) is 0 Å². The third-order valence-corrected chi connectivity index (χ3v) is 6.17. The third kappa shape index (κ3) is 8.36. The molecule has 0 unspecified atom stereocenters. The topological polar surface area (TPSA) is 79.8 Å². The smallest absolute Gasteiger partial charge is 0.191 e. The Bertz CT molecular complexity index is 623. The lowest BCUT2D eigenvalue weighted by molar-refractivity contribution is 0.128. The van der Waals surface area contributed by atoms with E-state index in [0.717, 1.165) is 5.56 Å². The molecule has 0 aromatic heterocycles. The van der Waals surface area contributed by atoms with E-state index >= 15 is 0 Å². The summed E-state index contributed by atoms with van der Waals surface area (Å²) in [6.45, 7) is 9.72. The predicted molar refractivity (Wildman–Crippen MR) is 104 cm³/mol. The molecular weight excluding hydrogens is 338 g/mol. The van der Waals surface area contributed by atoms with Crippen molar-refractivity contribution in [3.8, 4) is 0 Å². The molecule has 0 atom stereocenters. The molecule has 0 fully saturated rings. The molecule has 0 radical (unpaired) electrons. The Labute approximate surface area is 152 Å². The molecule has 0 saturated carbocycles. The number of sulfone groups is 1. The Morgan fingerprint density at radius 2 is 1.84 bits per heavy atom. The monoisotopic (exact) mass is 369 g/mol. The lowest BCUT2D eigenvalue weighted by Gasteiger charge is -2.19. The Kier molecular flexibility index (Phi) is 8.92. The molecule has 0 spiro atoms. The quantitative estimate of drug-likeness (QED) is 0.395. The zero-order valence-corrected chi connectivity index (χ0v) is 16.5. The SMILES string of the molecule is CCNC(=NCCOCc1ccccc1)NCCS(=O)(=O)C(C)(C)C. The fourth-order valence-electron chi connectivity index (χ4n) is 1.94. The lowest BCUT2D eigenvalue weighted by Crippen LogP contribution is -2.42. The van der Waals surface area contributed by atoms with Gasteiger partial charge in [0.15, 0.2) is 15.8 Å². The number of hydrogen-bond donors (Lipinski definition) is 2. The second-order valence-corrected chi connectivity index (χ2v) is 9.52. The molecule has 6 nitrogen and oxygen atoms in total. The second-order valence-electron chi connectivity index (χ2n) is 6.66. The van der Waals surface area contributed by atoms with Crippen LogP contribution in [0.1, 0.15) is 33.3 Å². The van der Waals surface area contributed by atoms with Gasteiger partial charge in [-0.1, -0.05) is 30.3 Å². The summed E-state index contributed by atoms with van der Waals surface area (Å²) in [6.07, 6.45) is 0. The van der Waals surface area contributed by atoms with Gasteiger partial charge in [0.2, 0.25) is 0 Å². The van der Waals surface area contributed by atoms with Gasteiger partial charge in [-0.05, 0) is 33.3 Å². The molecule has 25 heavy (non-hydrogen) atoms. The molecule has 0 bridgehead atoms. The molecule has 0 saturated heterocycles. The van der Waals surface area contributed by atoms with Gasteiger partial charge in [-0.15, -0.1) is 0 Å². The molecular formula is C18H31N3O3S. The fourth-order valence-corrected chi connectivity index (χ4v) is 2.92. The number of benzene rings is 1. The average Bonchev–Trinajstić information content (AvgIpc) is 2.54. The van der Waals surface area contributed by atoms with Crippen molar-refractivity contribution in [1.29, 1.82) is 0 Å². The lowest BCUT2D eigenvalue weighted by atomic mass is 10.2. The van der Waals surface area contributed by atoms with Crippen LogP contribution in [0.4, 0.5) is 0 Å². The van der Waals surface area contributed by atoms with E-state index in [0.29, 0.717) is 38.8 Å². The summed E-state index contributed by atoms with van der Waals surface area (Å²) in [5, 5.41) is 6.17. The number of aliphatic imine (C=N–C) groups is 1. The Morgan fingerprint density at radius 3 is 2.44 bits per heavy atom. The van der Waals surface area contributed by atoms with Gasteiger partial charge in [-0.25, -0.2) is 8.42 Å². The van der Waals surface area contributed by atoms with Gasteiger partial charge in [0, 0.05) is 13.1 Å². The maximum Gasteiger partial charge on any atom is 0.191 e. The molecule has 0 aliphatic rings. The minimum absolute atomic E-state index is 0.0748. The third-order valence-electron chi connectivity index (χ3n) is 3.56. The van der Waals surface area contributed by atoms with Crippen LogP contribution >= 0.6 is 0 Å². The van der Waals surface area contributed by atoms with Crippen LogP contribution in [0.25, 0.3) is 0 Å². The van der Waals surface area contributed by atoms with Crippen LogP contribution in [0.5, 0.6) is 0 Å². The first-order valence-electron chi connectivity index (χ1n) is 8.62. The molecule has 2 N–H and O–H groups in total. The molecule has 7 heteroatoms. The van der Waals surface area contributed by atoms with Gasteiger partial charge in [0.05, 0.1) is 30.3 Å². The van der Waals surface area contributed by atoms with Gasteiger partial charge in [-0.3, -0.25) is 4.99 Å². The number of guanidine groups is 1. The van der Waals surface area contributed by atoms with Crippen molar-refractivity contribution < 1.29 is 13.2 Å². The summed E-state index contributed by atoms with van der Waals surface area (Å²) in [7, 11) is -3.14. The minimum Gasteiger partial charge on any atom is -0.375 e. The molecule has 0 aliphatic carbocycles. The highest BCUT2D eigenvalue weighted by Gasteiger charge is 2.28. The standard InChI is InChI=1S/C18H31N3O3S/c1-5-19-17(21-12-14-25(22,23)18(2,3)4)20-11-13-24-15-16-9-7-6-8-10-16/h6-10H,5,11-15H2,1-4H3,(H2,19,20,21). The largest absolute Gasteiger partial charge is 0.375 e. The van der Waals surface area contributed by atoms with Gasteiger partial charge in [-0.2, -0.15) is 0 Å². The van der Waals surface area contributed by atoms with Gasteiger partial charge in [0.1, 0.15) is 0 Å². The van der Waals surface area contributed by atoms with E-state index in [4.69, 9.17) is 4.74 Å². The summed E-state index contributed by atoms with van der Waals surface area (Å²) in [4.78, 5) is 4.40. The van der Waals surface area contributed by atoms with Crippen LogP contribution in [0.15, 0.2) is 35.3 Å². The van der Waals surface area contributed by atoms with Crippen LogP contribution in [-0.2, 0) is 21.2 Å². The molecule has 0 heterocycles. The first kappa shape index (κ1) is 21.4. The van der Waals surface area contributed by atoms with E-state index in [1.54, 1.807) is 20.8 Å². The molecule has 142 valence electrons. The summed E-state index contributed by atoms with van der Waals surface area (Å²) >= 11 is 0. The normalized spacial score (nSPS) is 12.9. The van der Waals surface area contributed by atoms with Crippen molar-refractivity contribution >= 4 is 15.8 Å². The summed E-state index contributed by atoms with van der Waals surface area (Å²) in [5.74, 6) is 0.681. The minimum atomic E-state index is -3.14. The van der Waals surface area contributed by atoms with Crippen molar-refractivity contribution in [3.63, 3.8) is 0 Å². The first-order chi connectivity index (χ1) is 11.8. The van der Waals surface area contributed by atoms with E-state index in [2.05, 4.69) is 15.6 Å². The average molecular weight is 370 g/mol. The van der Waals surface area contributed by atoms with Crippen LogP contribution < -0.4 is 10.6 Å². The maximum absolute atomic E-state index is 12.1. The second kappa shape index (κ2) is 10.4. The number of nitrogens with one attached hydrogen (secondary N) is 2.